The first kappa shape index (κ1) is 21.3. The van der Waals surface area contributed by atoms with Gasteiger partial charge in [0.15, 0.2) is 10.7 Å². The van der Waals surface area contributed by atoms with E-state index in [1.807, 2.05) is 12.1 Å². The Hall–Kier alpha value is -2.93. The summed E-state index contributed by atoms with van der Waals surface area (Å²) in [6, 6.07) is 17.8. The molecule has 0 radical (unpaired) electrons. The fourth-order valence-electron chi connectivity index (χ4n) is 3.01. The van der Waals surface area contributed by atoms with Crippen LogP contribution >= 0.6 is 35.4 Å². The van der Waals surface area contributed by atoms with Gasteiger partial charge in [-0.3, -0.25) is 10.1 Å². The van der Waals surface area contributed by atoms with Gasteiger partial charge in [0, 0.05) is 16.3 Å². The summed E-state index contributed by atoms with van der Waals surface area (Å²) in [5.74, 6) is 0.0895. The SMILES string of the molecule is CCc1ccc(C(=O)NC(=S)Nc2ccc3oc(-c4cc(Cl)ccc4Cl)nc3c2)cc1. The third-order valence-corrected chi connectivity index (χ3v) is 5.42. The first-order chi connectivity index (χ1) is 14.9. The fraction of sp³-hybridized carbons (Fsp3) is 0.0870. The number of carbonyl (C=O) groups excluding carboxylic acids is 1. The molecule has 0 aliphatic heterocycles. The number of nitrogens with zero attached hydrogens (tertiary/aromatic N) is 1. The smallest absolute Gasteiger partial charge is 0.257 e. The number of oxazole rings is 1. The Bertz CT molecular complexity index is 1290. The molecule has 0 atom stereocenters. The topological polar surface area (TPSA) is 67.2 Å². The van der Waals surface area contributed by atoms with E-state index < -0.39 is 0 Å². The van der Waals surface area contributed by atoms with Crippen LogP contribution in [0.4, 0.5) is 5.69 Å². The fourth-order valence-corrected chi connectivity index (χ4v) is 3.59. The molecule has 8 heteroatoms. The quantitative estimate of drug-likeness (QED) is 0.334. The van der Waals surface area contributed by atoms with Crippen LogP contribution in [0.5, 0.6) is 0 Å². The third kappa shape index (κ3) is 4.88. The van der Waals surface area contributed by atoms with Crippen LogP contribution < -0.4 is 10.6 Å². The molecule has 4 aromatic rings. The molecule has 156 valence electrons. The molecule has 2 N–H and O–H groups in total. The molecule has 0 fully saturated rings. The summed E-state index contributed by atoms with van der Waals surface area (Å²) in [7, 11) is 0. The molecular formula is C23H17Cl2N3O2S. The van der Waals surface area contributed by atoms with E-state index in [1.54, 1.807) is 48.5 Å². The maximum atomic E-state index is 12.4. The van der Waals surface area contributed by atoms with Crippen LogP contribution in [0.25, 0.3) is 22.6 Å². The van der Waals surface area contributed by atoms with Crippen molar-refractivity contribution in [3.05, 3.63) is 81.8 Å². The number of anilines is 1. The second-order valence-electron chi connectivity index (χ2n) is 6.78. The molecule has 0 bridgehead atoms. The highest BCUT2D eigenvalue weighted by Crippen LogP contribution is 2.32. The number of carbonyl (C=O) groups is 1. The Labute approximate surface area is 194 Å². The summed E-state index contributed by atoms with van der Waals surface area (Å²) in [5, 5.41) is 6.89. The minimum atomic E-state index is -0.277. The summed E-state index contributed by atoms with van der Waals surface area (Å²) in [6.07, 6.45) is 0.914. The van der Waals surface area contributed by atoms with E-state index >= 15 is 0 Å². The van der Waals surface area contributed by atoms with Gasteiger partial charge in [-0.05, 0) is 72.7 Å². The van der Waals surface area contributed by atoms with Gasteiger partial charge in [-0.2, -0.15) is 0 Å². The van der Waals surface area contributed by atoms with E-state index in [1.165, 1.54) is 0 Å². The number of benzene rings is 3. The Morgan fingerprint density at radius 3 is 2.58 bits per heavy atom. The van der Waals surface area contributed by atoms with Gasteiger partial charge in [-0.1, -0.05) is 42.3 Å². The molecular weight excluding hydrogens is 453 g/mol. The number of aromatic nitrogens is 1. The van der Waals surface area contributed by atoms with Gasteiger partial charge in [0.1, 0.15) is 5.52 Å². The van der Waals surface area contributed by atoms with Gasteiger partial charge in [-0.15, -0.1) is 0 Å². The highest BCUT2D eigenvalue weighted by molar-refractivity contribution is 7.80. The molecule has 31 heavy (non-hydrogen) atoms. The average molecular weight is 470 g/mol. The molecule has 0 aliphatic rings. The molecule has 3 aromatic carbocycles. The standard InChI is InChI=1S/C23H17Cl2N3O2S/c1-2-13-3-5-14(6-4-13)21(29)28-23(31)26-16-8-10-20-19(12-16)27-22(30-20)17-11-15(24)7-9-18(17)25/h3-12H,2H2,1H3,(H2,26,28,29,31). The molecule has 0 saturated carbocycles. The van der Waals surface area contributed by atoms with Crippen LogP contribution in [0.1, 0.15) is 22.8 Å². The average Bonchev–Trinajstić information content (AvgIpc) is 3.18. The first-order valence-corrected chi connectivity index (χ1v) is 10.7. The van der Waals surface area contributed by atoms with E-state index in [9.17, 15) is 4.79 Å². The van der Waals surface area contributed by atoms with Gasteiger partial charge in [0.2, 0.25) is 5.89 Å². The van der Waals surface area contributed by atoms with Crippen LogP contribution in [0, 0.1) is 0 Å². The summed E-state index contributed by atoms with van der Waals surface area (Å²) in [6.45, 7) is 2.06. The van der Waals surface area contributed by atoms with Crippen molar-refractivity contribution in [3.8, 4) is 11.5 Å². The molecule has 1 amide bonds. The maximum Gasteiger partial charge on any atom is 0.257 e. The summed E-state index contributed by atoms with van der Waals surface area (Å²) in [5.41, 5.74) is 4.17. The van der Waals surface area contributed by atoms with Crippen molar-refractivity contribution < 1.29 is 9.21 Å². The number of fused-ring (bicyclic) bond motifs is 1. The summed E-state index contributed by atoms with van der Waals surface area (Å²) >= 11 is 17.6. The normalized spacial score (nSPS) is 10.8. The Morgan fingerprint density at radius 1 is 1.06 bits per heavy atom. The number of thiocarbonyl (C=S) groups is 1. The van der Waals surface area contributed by atoms with Crippen molar-refractivity contribution in [2.24, 2.45) is 0 Å². The van der Waals surface area contributed by atoms with Crippen LogP contribution in [0.15, 0.2) is 65.1 Å². The number of hydrogen-bond acceptors (Lipinski definition) is 4. The Balaban J connectivity index is 1.48. The Kier molecular flexibility index (Phi) is 6.23. The van der Waals surface area contributed by atoms with Crippen LogP contribution in [-0.4, -0.2) is 16.0 Å². The van der Waals surface area contributed by atoms with Crippen LogP contribution in [0.3, 0.4) is 0 Å². The van der Waals surface area contributed by atoms with E-state index in [0.29, 0.717) is 43.9 Å². The van der Waals surface area contributed by atoms with Gasteiger partial charge < -0.3 is 9.73 Å². The number of rotatable bonds is 4. The zero-order chi connectivity index (χ0) is 22.0. The highest BCUT2D eigenvalue weighted by Gasteiger charge is 2.13. The van der Waals surface area contributed by atoms with Gasteiger partial charge in [0.25, 0.3) is 5.91 Å². The molecule has 0 spiro atoms. The number of halogens is 2. The molecule has 0 saturated heterocycles. The van der Waals surface area contributed by atoms with Crippen molar-refractivity contribution in [1.82, 2.24) is 10.3 Å². The van der Waals surface area contributed by atoms with Gasteiger partial charge in [0.05, 0.1) is 10.6 Å². The van der Waals surface area contributed by atoms with Gasteiger partial charge >= 0.3 is 0 Å². The lowest BCUT2D eigenvalue weighted by Gasteiger charge is -2.09. The first-order valence-electron chi connectivity index (χ1n) is 9.50. The van der Waals surface area contributed by atoms with Crippen molar-refractivity contribution in [1.29, 1.82) is 0 Å². The third-order valence-electron chi connectivity index (χ3n) is 4.66. The predicted octanol–water partition coefficient (Wildman–Crippen LogP) is 6.49. The molecule has 0 aliphatic carbocycles. The van der Waals surface area contributed by atoms with Crippen molar-refractivity contribution in [2.75, 3.05) is 5.32 Å². The number of nitrogens with one attached hydrogen (secondary N) is 2. The summed E-state index contributed by atoms with van der Waals surface area (Å²) in [4.78, 5) is 16.9. The summed E-state index contributed by atoms with van der Waals surface area (Å²) < 4.78 is 5.81. The molecule has 5 nitrogen and oxygen atoms in total. The number of amides is 1. The Morgan fingerprint density at radius 2 is 1.84 bits per heavy atom. The molecule has 0 unspecified atom stereocenters. The van der Waals surface area contributed by atoms with E-state index in [4.69, 9.17) is 39.8 Å². The van der Waals surface area contributed by atoms with E-state index in [-0.39, 0.29) is 11.0 Å². The number of aryl methyl sites for hydroxylation is 1. The zero-order valence-electron chi connectivity index (χ0n) is 16.4. The molecule has 1 aromatic heterocycles. The van der Waals surface area contributed by atoms with Gasteiger partial charge in [-0.25, -0.2) is 4.98 Å². The minimum Gasteiger partial charge on any atom is -0.436 e. The second-order valence-corrected chi connectivity index (χ2v) is 8.04. The zero-order valence-corrected chi connectivity index (χ0v) is 18.7. The van der Waals surface area contributed by atoms with E-state index in [0.717, 1.165) is 12.0 Å². The second kappa shape index (κ2) is 9.06. The lowest BCUT2D eigenvalue weighted by molar-refractivity contribution is 0.0977. The monoisotopic (exact) mass is 469 g/mol. The lowest BCUT2D eigenvalue weighted by atomic mass is 10.1. The molecule has 1 heterocycles. The largest absolute Gasteiger partial charge is 0.436 e. The maximum absolute atomic E-state index is 12.4. The van der Waals surface area contributed by atoms with Crippen molar-refractivity contribution in [3.63, 3.8) is 0 Å². The predicted molar refractivity (Wildman–Crippen MR) is 129 cm³/mol. The molecule has 4 rings (SSSR count). The number of hydrogen-bond donors (Lipinski definition) is 2. The van der Waals surface area contributed by atoms with Crippen molar-refractivity contribution in [2.45, 2.75) is 13.3 Å². The lowest BCUT2D eigenvalue weighted by Crippen LogP contribution is -2.34. The minimum absolute atomic E-state index is 0.186. The van der Waals surface area contributed by atoms with Crippen LogP contribution in [-0.2, 0) is 6.42 Å². The highest BCUT2D eigenvalue weighted by atomic mass is 35.5. The van der Waals surface area contributed by atoms with Crippen molar-refractivity contribution >= 4 is 63.2 Å². The van der Waals surface area contributed by atoms with E-state index in [2.05, 4.69) is 22.5 Å². The van der Waals surface area contributed by atoms with Crippen LogP contribution in [0.2, 0.25) is 10.0 Å².